The molecule has 2 aliphatic rings. The molecule has 192 valence electrons. The third-order valence-electron chi connectivity index (χ3n) is 8.77. The molecule has 2 aromatic carbocycles. The van der Waals surface area contributed by atoms with Gasteiger partial charge in [0.25, 0.3) is 0 Å². The number of hydrogen-bond acceptors (Lipinski definition) is 0. The quantitative estimate of drug-likeness (QED) is 0.235. The predicted octanol–water partition coefficient (Wildman–Crippen LogP) is 10.9. The Kier molecular flexibility index (Phi) is 9.61. The van der Waals surface area contributed by atoms with Crippen molar-refractivity contribution in [3.05, 3.63) is 58.4 Å². The Hall–Kier alpha value is -1.48. The molecule has 0 radical (unpaired) electrons. The van der Waals surface area contributed by atoms with Crippen molar-refractivity contribution < 1.29 is 13.2 Å². The maximum absolute atomic E-state index is 14.9. The molecular weight excluding hydrogens is 465 g/mol. The fourth-order valence-corrected chi connectivity index (χ4v) is 6.59. The first-order valence-electron chi connectivity index (χ1n) is 13.9. The van der Waals surface area contributed by atoms with E-state index in [0.29, 0.717) is 5.92 Å². The Morgan fingerprint density at radius 3 is 1.77 bits per heavy atom. The molecule has 0 spiro atoms. The second-order valence-corrected chi connectivity index (χ2v) is 11.5. The van der Waals surface area contributed by atoms with Crippen LogP contribution in [0.5, 0.6) is 0 Å². The number of hydrogen-bond donors (Lipinski definition) is 0. The first-order chi connectivity index (χ1) is 16.9. The zero-order chi connectivity index (χ0) is 24.8. The minimum Gasteiger partial charge on any atom is -0.206 e. The highest BCUT2D eigenvalue weighted by Gasteiger charge is 2.26. The van der Waals surface area contributed by atoms with Crippen LogP contribution in [0, 0.1) is 35.2 Å². The Bertz CT molecular complexity index is 933. The van der Waals surface area contributed by atoms with E-state index < -0.39 is 22.5 Å². The third-order valence-corrected chi connectivity index (χ3v) is 9.13. The molecule has 0 saturated heterocycles. The van der Waals surface area contributed by atoms with Gasteiger partial charge in [-0.05, 0) is 78.7 Å². The van der Waals surface area contributed by atoms with Crippen LogP contribution >= 0.6 is 11.6 Å². The summed E-state index contributed by atoms with van der Waals surface area (Å²) in [6, 6.07) is 7.31. The standard InChI is InChI=1S/C31H40ClF3/c1-2-3-4-5-21-6-8-22(9-7-21)10-11-23-12-14-24(15-13-23)25-16-17-27(28(33)18-25)26-19-29(34)31(32)30(35)20-26/h16-24H,2-15H2,1H3/t21-,22-,23?,24?. The summed E-state index contributed by atoms with van der Waals surface area (Å²) in [7, 11) is 0. The van der Waals surface area contributed by atoms with Crippen LogP contribution in [-0.4, -0.2) is 0 Å². The van der Waals surface area contributed by atoms with Crippen molar-refractivity contribution in [2.75, 3.05) is 0 Å². The van der Waals surface area contributed by atoms with Gasteiger partial charge in [-0.2, -0.15) is 0 Å². The summed E-state index contributed by atoms with van der Waals surface area (Å²) < 4.78 is 42.5. The smallest absolute Gasteiger partial charge is 0.145 e. The van der Waals surface area contributed by atoms with Gasteiger partial charge in [-0.25, -0.2) is 13.2 Å². The average molecular weight is 505 g/mol. The molecule has 0 aromatic heterocycles. The van der Waals surface area contributed by atoms with Crippen molar-refractivity contribution in [3.63, 3.8) is 0 Å². The van der Waals surface area contributed by atoms with Crippen LogP contribution in [0.2, 0.25) is 5.02 Å². The molecule has 2 saturated carbocycles. The second-order valence-electron chi connectivity index (χ2n) is 11.2. The van der Waals surface area contributed by atoms with E-state index in [1.807, 2.05) is 6.07 Å². The van der Waals surface area contributed by atoms with Crippen LogP contribution in [-0.2, 0) is 0 Å². The zero-order valence-corrected chi connectivity index (χ0v) is 21.9. The average Bonchev–Trinajstić information content (AvgIpc) is 2.87. The van der Waals surface area contributed by atoms with Crippen molar-refractivity contribution >= 4 is 11.6 Å². The highest BCUT2D eigenvalue weighted by Crippen LogP contribution is 2.41. The van der Waals surface area contributed by atoms with E-state index in [-0.39, 0.29) is 11.1 Å². The Balaban J connectivity index is 1.23. The highest BCUT2D eigenvalue weighted by atomic mass is 35.5. The minimum absolute atomic E-state index is 0.173. The first kappa shape index (κ1) is 26.6. The maximum atomic E-state index is 14.9. The lowest BCUT2D eigenvalue weighted by Crippen LogP contribution is -2.18. The van der Waals surface area contributed by atoms with Gasteiger partial charge in [-0.1, -0.05) is 94.9 Å². The molecule has 2 aliphatic carbocycles. The summed E-state index contributed by atoms with van der Waals surface area (Å²) >= 11 is 5.56. The Morgan fingerprint density at radius 1 is 0.686 bits per heavy atom. The Labute approximate surface area is 214 Å². The van der Waals surface area contributed by atoms with Gasteiger partial charge in [0.15, 0.2) is 0 Å². The van der Waals surface area contributed by atoms with Crippen LogP contribution in [0.3, 0.4) is 0 Å². The second kappa shape index (κ2) is 12.7. The van der Waals surface area contributed by atoms with Gasteiger partial charge in [0, 0.05) is 5.56 Å². The summed E-state index contributed by atoms with van der Waals surface area (Å²) in [5.74, 6) is 0.907. The fourth-order valence-electron chi connectivity index (χ4n) is 6.48. The fraction of sp³-hybridized carbons (Fsp3) is 0.613. The van der Waals surface area contributed by atoms with Gasteiger partial charge in [0.05, 0.1) is 0 Å². The molecule has 0 unspecified atom stereocenters. The molecule has 0 N–H and O–H groups in total. The molecule has 2 aromatic rings. The van der Waals surface area contributed by atoms with E-state index in [1.165, 1.54) is 77.0 Å². The lowest BCUT2D eigenvalue weighted by Gasteiger charge is -2.32. The van der Waals surface area contributed by atoms with Crippen molar-refractivity contribution in [1.29, 1.82) is 0 Å². The largest absolute Gasteiger partial charge is 0.206 e. The number of rotatable bonds is 9. The normalized spacial score (nSPS) is 25.1. The molecule has 0 nitrogen and oxygen atoms in total. The van der Waals surface area contributed by atoms with Crippen molar-refractivity contribution in [3.8, 4) is 11.1 Å². The Morgan fingerprint density at radius 2 is 1.23 bits per heavy atom. The predicted molar refractivity (Wildman–Crippen MR) is 140 cm³/mol. The minimum atomic E-state index is -0.872. The zero-order valence-electron chi connectivity index (χ0n) is 21.1. The van der Waals surface area contributed by atoms with Gasteiger partial charge in [-0.15, -0.1) is 0 Å². The van der Waals surface area contributed by atoms with Crippen molar-refractivity contribution in [2.45, 2.75) is 103 Å². The summed E-state index contributed by atoms with van der Waals surface area (Å²) in [5, 5.41) is -0.558. The van der Waals surface area contributed by atoms with Gasteiger partial charge >= 0.3 is 0 Å². The van der Waals surface area contributed by atoms with E-state index in [1.54, 1.807) is 12.1 Å². The number of unbranched alkanes of at least 4 members (excludes halogenated alkanes) is 2. The molecule has 35 heavy (non-hydrogen) atoms. The SMILES string of the molecule is CCCCC[C@H]1CC[C@H](CCC2CCC(c3ccc(-c4cc(F)c(Cl)c(F)c4)c(F)c3)CC2)CC1. The summed E-state index contributed by atoms with van der Waals surface area (Å²) in [4.78, 5) is 0. The molecule has 0 atom stereocenters. The van der Waals surface area contributed by atoms with Crippen LogP contribution < -0.4 is 0 Å². The summed E-state index contributed by atoms with van der Waals surface area (Å²) in [6.07, 6.45) is 18.7. The van der Waals surface area contributed by atoms with Gasteiger partial charge < -0.3 is 0 Å². The number of benzene rings is 2. The van der Waals surface area contributed by atoms with E-state index >= 15 is 0 Å². The topological polar surface area (TPSA) is 0 Å². The van der Waals surface area contributed by atoms with Crippen LogP contribution in [0.4, 0.5) is 13.2 Å². The number of halogens is 4. The third kappa shape index (κ3) is 7.06. The van der Waals surface area contributed by atoms with Gasteiger partial charge in [0.1, 0.15) is 22.5 Å². The molecule has 2 fully saturated rings. The van der Waals surface area contributed by atoms with Crippen LogP contribution in [0.25, 0.3) is 11.1 Å². The summed E-state index contributed by atoms with van der Waals surface area (Å²) in [6.45, 7) is 2.29. The molecule has 0 heterocycles. The molecule has 0 amide bonds. The van der Waals surface area contributed by atoms with E-state index in [2.05, 4.69) is 6.92 Å². The van der Waals surface area contributed by atoms with Crippen LogP contribution in [0.1, 0.15) is 108 Å². The monoisotopic (exact) mass is 504 g/mol. The first-order valence-corrected chi connectivity index (χ1v) is 14.3. The molecule has 0 bridgehead atoms. The molecule has 4 heteroatoms. The highest BCUT2D eigenvalue weighted by molar-refractivity contribution is 6.31. The molecule has 4 rings (SSSR count). The lowest BCUT2D eigenvalue weighted by molar-refractivity contribution is 0.222. The molecule has 0 aliphatic heterocycles. The van der Waals surface area contributed by atoms with Crippen molar-refractivity contribution in [2.24, 2.45) is 17.8 Å². The summed E-state index contributed by atoms with van der Waals surface area (Å²) in [5.41, 5.74) is 1.38. The van der Waals surface area contributed by atoms with E-state index in [0.717, 1.165) is 48.3 Å². The maximum Gasteiger partial charge on any atom is 0.145 e. The van der Waals surface area contributed by atoms with E-state index in [9.17, 15) is 13.2 Å². The van der Waals surface area contributed by atoms with Gasteiger partial charge in [-0.3, -0.25) is 0 Å². The van der Waals surface area contributed by atoms with Crippen LogP contribution in [0.15, 0.2) is 30.3 Å². The van der Waals surface area contributed by atoms with Gasteiger partial charge in [0.2, 0.25) is 0 Å². The van der Waals surface area contributed by atoms with Crippen molar-refractivity contribution in [1.82, 2.24) is 0 Å². The van der Waals surface area contributed by atoms with E-state index in [4.69, 9.17) is 11.6 Å². The lowest BCUT2D eigenvalue weighted by atomic mass is 9.74. The molecular formula is C31H40ClF3.